The maximum Gasteiger partial charge on any atom is 0.183 e. The SMILES string of the molecule is C=CC=C1N(c2ccccc2)c2nc3ccccc3nc2N1c1ccccc1. The summed E-state index contributed by atoms with van der Waals surface area (Å²) in [5.41, 5.74) is 3.80. The second-order valence-corrected chi connectivity index (χ2v) is 6.46. The zero-order valence-corrected chi connectivity index (χ0v) is 15.2. The third kappa shape index (κ3) is 2.55. The summed E-state index contributed by atoms with van der Waals surface area (Å²) in [6.45, 7) is 3.93. The number of hydrogen-bond acceptors (Lipinski definition) is 4. The molecule has 5 rings (SSSR count). The van der Waals surface area contributed by atoms with Gasteiger partial charge in [-0.15, -0.1) is 0 Å². The Labute approximate surface area is 163 Å². The molecule has 0 amide bonds. The summed E-state index contributed by atoms with van der Waals surface area (Å²) in [7, 11) is 0. The lowest BCUT2D eigenvalue weighted by Gasteiger charge is -2.24. The van der Waals surface area contributed by atoms with Crippen LogP contribution in [0.5, 0.6) is 0 Å². The van der Waals surface area contributed by atoms with E-state index in [1.54, 1.807) is 6.08 Å². The minimum atomic E-state index is 0.807. The van der Waals surface area contributed by atoms with Crippen molar-refractivity contribution in [2.24, 2.45) is 0 Å². The van der Waals surface area contributed by atoms with Gasteiger partial charge in [0.15, 0.2) is 11.6 Å². The first-order chi connectivity index (χ1) is 13.9. The van der Waals surface area contributed by atoms with Crippen LogP contribution in [0.3, 0.4) is 0 Å². The van der Waals surface area contributed by atoms with Crippen LogP contribution in [0, 0.1) is 0 Å². The number of para-hydroxylation sites is 4. The van der Waals surface area contributed by atoms with E-state index in [-0.39, 0.29) is 0 Å². The van der Waals surface area contributed by atoms with Gasteiger partial charge in [-0.2, -0.15) is 0 Å². The molecular formula is C24H18N4. The van der Waals surface area contributed by atoms with Gasteiger partial charge >= 0.3 is 0 Å². The van der Waals surface area contributed by atoms with E-state index in [9.17, 15) is 0 Å². The smallest absolute Gasteiger partial charge is 0.183 e. The number of aromatic nitrogens is 2. The molecule has 0 atom stereocenters. The molecule has 134 valence electrons. The van der Waals surface area contributed by atoms with E-state index in [1.807, 2.05) is 66.7 Å². The molecule has 0 N–H and O–H groups in total. The maximum atomic E-state index is 4.97. The summed E-state index contributed by atoms with van der Waals surface area (Å²) in [6, 6.07) is 28.4. The fourth-order valence-electron chi connectivity index (χ4n) is 3.52. The Kier molecular flexibility index (Phi) is 3.87. The highest BCUT2D eigenvalue weighted by molar-refractivity contribution is 5.93. The molecule has 1 aromatic heterocycles. The highest BCUT2D eigenvalue weighted by Gasteiger charge is 2.36. The predicted molar refractivity (Wildman–Crippen MR) is 115 cm³/mol. The third-order valence-corrected chi connectivity index (χ3v) is 4.71. The molecule has 0 saturated heterocycles. The average Bonchev–Trinajstić information content (AvgIpc) is 3.06. The van der Waals surface area contributed by atoms with Crippen LogP contribution >= 0.6 is 0 Å². The van der Waals surface area contributed by atoms with E-state index in [4.69, 9.17) is 9.97 Å². The normalized spacial score (nSPS) is 12.9. The number of anilines is 4. The molecule has 0 radical (unpaired) electrons. The van der Waals surface area contributed by atoms with Crippen molar-refractivity contribution in [3.8, 4) is 0 Å². The summed E-state index contributed by atoms with van der Waals surface area (Å²) < 4.78 is 0. The van der Waals surface area contributed by atoms with E-state index in [2.05, 4.69) is 40.6 Å². The summed E-state index contributed by atoms with van der Waals surface area (Å²) in [6.07, 6.45) is 3.79. The molecule has 0 fully saturated rings. The number of fused-ring (bicyclic) bond motifs is 2. The lowest BCUT2D eigenvalue weighted by Crippen LogP contribution is -2.21. The van der Waals surface area contributed by atoms with Crippen molar-refractivity contribution >= 4 is 34.0 Å². The summed E-state index contributed by atoms with van der Waals surface area (Å²) in [5, 5.41) is 0. The van der Waals surface area contributed by atoms with Crippen LogP contribution in [0.1, 0.15) is 0 Å². The van der Waals surface area contributed by atoms with Crippen molar-refractivity contribution in [1.82, 2.24) is 9.97 Å². The lowest BCUT2D eigenvalue weighted by molar-refractivity contribution is 1.11. The molecule has 4 nitrogen and oxygen atoms in total. The van der Waals surface area contributed by atoms with Gasteiger partial charge in [-0.25, -0.2) is 9.97 Å². The first-order valence-electron chi connectivity index (χ1n) is 9.17. The fraction of sp³-hybridized carbons (Fsp3) is 0. The Morgan fingerprint density at radius 1 is 0.607 bits per heavy atom. The second kappa shape index (κ2) is 6.67. The summed E-state index contributed by atoms with van der Waals surface area (Å²) in [5.74, 6) is 2.56. The molecule has 3 aromatic carbocycles. The van der Waals surface area contributed by atoms with Gasteiger partial charge in [0.2, 0.25) is 0 Å². The largest absolute Gasteiger partial charge is 0.277 e. The Morgan fingerprint density at radius 3 is 1.46 bits per heavy atom. The molecule has 0 bridgehead atoms. The van der Waals surface area contributed by atoms with Crippen molar-refractivity contribution in [2.75, 3.05) is 9.80 Å². The molecule has 0 aliphatic carbocycles. The first kappa shape index (κ1) is 16.3. The third-order valence-electron chi connectivity index (χ3n) is 4.71. The zero-order chi connectivity index (χ0) is 18.9. The summed E-state index contributed by atoms with van der Waals surface area (Å²) >= 11 is 0. The number of allylic oxidation sites excluding steroid dienone is 2. The molecule has 0 saturated carbocycles. The van der Waals surface area contributed by atoms with Gasteiger partial charge in [-0.3, -0.25) is 9.80 Å². The molecule has 4 aromatic rings. The highest BCUT2D eigenvalue weighted by Crippen LogP contribution is 2.47. The Hall–Kier alpha value is -3.92. The van der Waals surface area contributed by atoms with E-state index < -0.39 is 0 Å². The van der Waals surface area contributed by atoms with Gasteiger partial charge < -0.3 is 0 Å². The van der Waals surface area contributed by atoms with Crippen LogP contribution in [0.25, 0.3) is 11.0 Å². The van der Waals surface area contributed by atoms with Gasteiger partial charge in [0.1, 0.15) is 5.82 Å². The molecule has 0 spiro atoms. The summed E-state index contributed by atoms with van der Waals surface area (Å²) in [4.78, 5) is 14.2. The number of hydrogen-bond donors (Lipinski definition) is 0. The van der Waals surface area contributed by atoms with Crippen LogP contribution in [-0.4, -0.2) is 9.97 Å². The van der Waals surface area contributed by atoms with Crippen LogP contribution < -0.4 is 9.80 Å². The molecular weight excluding hydrogens is 344 g/mol. The van der Waals surface area contributed by atoms with Gasteiger partial charge in [0.25, 0.3) is 0 Å². The highest BCUT2D eigenvalue weighted by atomic mass is 15.4. The van der Waals surface area contributed by atoms with E-state index in [0.717, 1.165) is 39.9 Å². The topological polar surface area (TPSA) is 32.3 Å². The van der Waals surface area contributed by atoms with Crippen LogP contribution in [0.2, 0.25) is 0 Å². The Balaban J connectivity index is 1.83. The Morgan fingerprint density at radius 2 is 1.04 bits per heavy atom. The number of nitrogens with zero attached hydrogens (tertiary/aromatic N) is 4. The fourth-order valence-corrected chi connectivity index (χ4v) is 3.52. The maximum absolute atomic E-state index is 4.97. The van der Waals surface area contributed by atoms with Crippen molar-refractivity contribution in [1.29, 1.82) is 0 Å². The van der Waals surface area contributed by atoms with Crippen LogP contribution in [0.4, 0.5) is 23.0 Å². The van der Waals surface area contributed by atoms with Crippen molar-refractivity contribution < 1.29 is 0 Å². The molecule has 2 heterocycles. The molecule has 0 unspecified atom stereocenters. The lowest BCUT2D eigenvalue weighted by atomic mass is 10.2. The first-order valence-corrected chi connectivity index (χ1v) is 9.17. The van der Waals surface area contributed by atoms with Gasteiger partial charge in [-0.1, -0.05) is 61.2 Å². The van der Waals surface area contributed by atoms with Crippen LogP contribution in [0.15, 0.2) is 109 Å². The molecule has 1 aliphatic rings. The van der Waals surface area contributed by atoms with Crippen LogP contribution in [-0.2, 0) is 0 Å². The zero-order valence-electron chi connectivity index (χ0n) is 15.2. The number of rotatable bonds is 3. The van der Waals surface area contributed by atoms with E-state index in [1.165, 1.54) is 0 Å². The monoisotopic (exact) mass is 362 g/mol. The molecule has 28 heavy (non-hydrogen) atoms. The quantitative estimate of drug-likeness (QED) is 0.451. The standard InChI is InChI=1S/C24H18N4/c1-2-11-22-27(18-12-5-3-6-13-18)23-24(28(22)19-14-7-4-8-15-19)26-21-17-10-9-16-20(21)25-23/h2-17H,1H2. The second-order valence-electron chi connectivity index (χ2n) is 6.46. The average molecular weight is 362 g/mol. The Bertz CT molecular complexity index is 1100. The molecule has 1 aliphatic heterocycles. The number of benzene rings is 3. The van der Waals surface area contributed by atoms with Gasteiger partial charge in [-0.05, 0) is 42.5 Å². The van der Waals surface area contributed by atoms with Crippen molar-refractivity contribution in [2.45, 2.75) is 0 Å². The minimum absolute atomic E-state index is 0.807. The van der Waals surface area contributed by atoms with Crippen molar-refractivity contribution in [3.05, 3.63) is 109 Å². The predicted octanol–water partition coefficient (Wildman–Crippen LogP) is 5.95. The minimum Gasteiger partial charge on any atom is -0.277 e. The van der Waals surface area contributed by atoms with E-state index >= 15 is 0 Å². The van der Waals surface area contributed by atoms with Gasteiger partial charge in [0, 0.05) is 11.4 Å². The van der Waals surface area contributed by atoms with Crippen molar-refractivity contribution in [3.63, 3.8) is 0 Å². The van der Waals surface area contributed by atoms with Gasteiger partial charge in [0.05, 0.1) is 11.0 Å². The molecule has 4 heteroatoms. The van der Waals surface area contributed by atoms with E-state index in [0.29, 0.717) is 0 Å².